The third-order valence-corrected chi connectivity index (χ3v) is 3.59. The van der Waals surface area contributed by atoms with Crippen LogP contribution >= 0.6 is 12.2 Å². The Kier molecular flexibility index (Phi) is 5.40. The Morgan fingerprint density at radius 2 is 1.54 bits per heavy atom. The number of nitrogens with one attached hydrogen (secondary N) is 3. The number of amides is 2. The van der Waals surface area contributed by atoms with Crippen molar-refractivity contribution in [3.8, 4) is 0 Å². The van der Waals surface area contributed by atoms with Gasteiger partial charge < -0.3 is 15.1 Å². The van der Waals surface area contributed by atoms with Gasteiger partial charge in [0.05, 0.1) is 6.26 Å². The first kappa shape index (κ1) is 17.4. The van der Waals surface area contributed by atoms with Crippen LogP contribution in [0.2, 0.25) is 0 Å². The Morgan fingerprint density at radius 1 is 0.808 bits per heavy atom. The van der Waals surface area contributed by atoms with Gasteiger partial charge >= 0.3 is 0 Å². The first-order chi connectivity index (χ1) is 12.6. The third-order valence-electron chi connectivity index (χ3n) is 3.39. The molecule has 1 aromatic heterocycles. The summed E-state index contributed by atoms with van der Waals surface area (Å²) in [7, 11) is 0. The minimum absolute atomic E-state index is 0.123. The summed E-state index contributed by atoms with van der Waals surface area (Å²) >= 11 is 5.12. The molecule has 130 valence electrons. The molecule has 0 atom stereocenters. The molecule has 0 spiro atoms. The summed E-state index contributed by atoms with van der Waals surface area (Å²) < 4.78 is 5.00. The standard InChI is InChI=1S/C19H15N3O3S/c23-17(13-6-2-1-3-7-13)20-14-8-4-9-15(12-14)21-19(26)22-18(24)16-10-5-11-25-16/h1-12H,(H,20,23)(H2,21,22,24,26). The molecule has 3 aromatic rings. The average molecular weight is 365 g/mol. The van der Waals surface area contributed by atoms with E-state index in [0.29, 0.717) is 16.9 Å². The molecular weight excluding hydrogens is 350 g/mol. The van der Waals surface area contributed by atoms with Gasteiger partial charge in [0.1, 0.15) is 0 Å². The Balaban J connectivity index is 1.61. The van der Waals surface area contributed by atoms with Crippen LogP contribution in [0, 0.1) is 0 Å². The maximum atomic E-state index is 12.2. The van der Waals surface area contributed by atoms with E-state index < -0.39 is 5.91 Å². The highest BCUT2D eigenvalue weighted by Gasteiger charge is 2.11. The van der Waals surface area contributed by atoms with Crippen LogP contribution in [0.5, 0.6) is 0 Å². The van der Waals surface area contributed by atoms with Crippen LogP contribution in [-0.2, 0) is 0 Å². The maximum Gasteiger partial charge on any atom is 0.293 e. The number of carbonyl (C=O) groups is 2. The van der Waals surface area contributed by atoms with E-state index in [1.807, 2.05) is 6.07 Å². The molecule has 0 unspecified atom stereocenters. The van der Waals surface area contributed by atoms with Crippen molar-refractivity contribution in [2.75, 3.05) is 10.6 Å². The van der Waals surface area contributed by atoms with Crippen LogP contribution in [-0.4, -0.2) is 16.9 Å². The lowest BCUT2D eigenvalue weighted by Crippen LogP contribution is -2.33. The van der Waals surface area contributed by atoms with Crippen LogP contribution in [0.15, 0.2) is 77.4 Å². The molecule has 2 amide bonds. The fourth-order valence-electron chi connectivity index (χ4n) is 2.20. The van der Waals surface area contributed by atoms with Crippen LogP contribution in [0.25, 0.3) is 0 Å². The lowest BCUT2D eigenvalue weighted by Gasteiger charge is -2.11. The molecule has 6 nitrogen and oxygen atoms in total. The topological polar surface area (TPSA) is 83.4 Å². The Hall–Kier alpha value is -3.45. The van der Waals surface area contributed by atoms with Gasteiger partial charge in [0.15, 0.2) is 10.9 Å². The lowest BCUT2D eigenvalue weighted by atomic mass is 10.2. The molecule has 0 fully saturated rings. The van der Waals surface area contributed by atoms with Gasteiger partial charge in [-0.1, -0.05) is 24.3 Å². The number of thiocarbonyl (C=S) groups is 1. The first-order valence-electron chi connectivity index (χ1n) is 7.74. The summed E-state index contributed by atoms with van der Waals surface area (Å²) in [6, 6.07) is 19.1. The molecule has 0 aliphatic carbocycles. The van der Waals surface area contributed by atoms with E-state index in [4.69, 9.17) is 16.6 Å². The van der Waals surface area contributed by atoms with Crippen LogP contribution < -0.4 is 16.0 Å². The highest BCUT2D eigenvalue weighted by atomic mass is 32.1. The van der Waals surface area contributed by atoms with Crippen molar-refractivity contribution < 1.29 is 14.0 Å². The number of benzene rings is 2. The van der Waals surface area contributed by atoms with Gasteiger partial charge in [0.25, 0.3) is 11.8 Å². The fourth-order valence-corrected chi connectivity index (χ4v) is 2.41. The van der Waals surface area contributed by atoms with Crippen molar-refractivity contribution in [3.63, 3.8) is 0 Å². The van der Waals surface area contributed by atoms with E-state index in [1.165, 1.54) is 12.3 Å². The lowest BCUT2D eigenvalue weighted by molar-refractivity contribution is 0.0950. The normalized spacial score (nSPS) is 10.0. The molecule has 0 aliphatic heterocycles. The van der Waals surface area contributed by atoms with Gasteiger partial charge in [-0.2, -0.15) is 0 Å². The number of rotatable bonds is 4. The molecule has 3 N–H and O–H groups in total. The quantitative estimate of drug-likeness (QED) is 0.615. The summed E-state index contributed by atoms with van der Waals surface area (Å²) in [5.74, 6) is -0.490. The highest BCUT2D eigenvalue weighted by Crippen LogP contribution is 2.16. The summed E-state index contributed by atoms with van der Waals surface area (Å²) in [5, 5.41) is 8.35. The molecule has 0 saturated carbocycles. The second-order valence-electron chi connectivity index (χ2n) is 5.29. The van der Waals surface area contributed by atoms with Crippen LogP contribution in [0.4, 0.5) is 11.4 Å². The minimum Gasteiger partial charge on any atom is -0.459 e. The number of furan rings is 1. The van der Waals surface area contributed by atoms with Crippen molar-refractivity contribution in [1.82, 2.24) is 5.32 Å². The van der Waals surface area contributed by atoms with Gasteiger partial charge in [0.2, 0.25) is 0 Å². The summed E-state index contributed by atoms with van der Waals surface area (Å²) in [5.41, 5.74) is 1.79. The first-order valence-corrected chi connectivity index (χ1v) is 8.15. The smallest absolute Gasteiger partial charge is 0.293 e. The molecule has 2 aromatic carbocycles. The van der Waals surface area contributed by atoms with Gasteiger partial charge in [-0.05, 0) is 54.7 Å². The molecular formula is C19H15N3O3S. The van der Waals surface area contributed by atoms with Crippen LogP contribution in [0.1, 0.15) is 20.9 Å². The molecule has 0 aliphatic rings. The van der Waals surface area contributed by atoms with E-state index in [9.17, 15) is 9.59 Å². The SMILES string of the molecule is O=C(Nc1cccc(NC(=S)NC(=O)c2ccco2)c1)c1ccccc1. The van der Waals surface area contributed by atoms with E-state index in [-0.39, 0.29) is 16.8 Å². The van der Waals surface area contributed by atoms with E-state index in [1.54, 1.807) is 54.6 Å². The average Bonchev–Trinajstić information content (AvgIpc) is 3.17. The van der Waals surface area contributed by atoms with Gasteiger partial charge in [-0.3, -0.25) is 14.9 Å². The zero-order chi connectivity index (χ0) is 18.4. The second-order valence-corrected chi connectivity index (χ2v) is 5.69. The predicted octanol–water partition coefficient (Wildman–Crippen LogP) is 3.66. The largest absolute Gasteiger partial charge is 0.459 e. The monoisotopic (exact) mass is 365 g/mol. The Labute approximate surface area is 155 Å². The Morgan fingerprint density at radius 3 is 2.23 bits per heavy atom. The molecule has 7 heteroatoms. The maximum absolute atomic E-state index is 12.2. The van der Waals surface area contributed by atoms with E-state index in [2.05, 4.69) is 16.0 Å². The van der Waals surface area contributed by atoms with Crippen molar-refractivity contribution in [1.29, 1.82) is 0 Å². The Bertz CT molecular complexity index is 924. The van der Waals surface area contributed by atoms with E-state index >= 15 is 0 Å². The third kappa shape index (κ3) is 4.55. The van der Waals surface area contributed by atoms with E-state index in [0.717, 1.165) is 0 Å². The summed E-state index contributed by atoms with van der Waals surface area (Å²) in [4.78, 5) is 24.1. The summed E-state index contributed by atoms with van der Waals surface area (Å²) in [6.45, 7) is 0. The number of hydrogen-bond donors (Lipinski definition) is 3. The van der Waals surface area contributed by atoms with Crippen molar-refractivity contribution >= 4 is 40.5 Å². The zero-order valence-electron chi connectivity index (χ0n) is 13.6. The zero-order valence-corrected chi connectivity index (χ0v) is 14.4. The molecule has 26 heavy (non-hydrogen) atoms. The van der Waals surface area contributed by atoms with Crippen molar-refractivity contribution in [2.45, 2.75) is 0 Å². The molecule has 1 heterocycles. The van der Waals surface area contributed by atoms with Gasteiger partial charge in [-0.25, -0.2) is 0 Å². The van der Waals surface area contributed by atoms with Gasteiger partial charge in [0, 0.05) is 16.9 Å². The number of carbonyl (C=O) groups excluding carboxylic acids is 2. The second kappa shape index (κ2) is 8.09. The van der Waals surface area contributed by atoms with Crippen molar-refractivity contribution in [2.24, 2.45) is 0 Å². The minimum atomic E-state index is -0.443. The predicted molar refractivity (Wildman–Crippen MR) is 103 cm³/mol. The summed E-state index contributed by atoms with van der Waals surface area (Å²) in [6.07, 6.45) is 1.41. The molecule has 3 rings (SSSR count). The molecule has 0 bridgehead atoms. The van der Waals surface area contributed by atoms with Crippen LogP contribution in [0.3, 0.4) is 0 Å². The fraction of sp³-hybridized carbons (Fsp3) is 0. The van der Waals surface area contributed by atoms with Gasteiger partial charge in [-0.15, -0.1) is 0 Å². The van der Waals surface area contributed by atoms with Crippen molar-refractivity contribution in [3.05, 3.63) is 84.3 Å². The number of anilines is 2. The molecule has 0 saturated heterocycles. The molecule has 0 radical (unpaired) electrons. The highest BCUT2D eigenvalue weighted by molar-refractivity contribution is 7.80. The number of hydrogen-bond acceptors (Lipinski definition) is 4.